The Morgan fingerprint density at radius 3 is 2.67 bits per heavy atom. The number of nitrogens with one attached hydrogen (secondary N) is 1. The van der Waals surface area contributed by atoms with E-state index in [-0.39, 0.29) is 11.8 Å². The molecule has 4 rings (SSSR count). The molecule has 24 heavy (non-hydrogen) atoms. The lowest BCUT2D eigenvalue weighted by Gasteiger charge is -2.26. The molecule has 1 aromatic heterocycles. The predicted octanol–water partition coefficient (Wildman–Crippen LogP) is 3.18. The Labute approximate surface area is 143 Å². The number of anilines is 2. The number of carbonyl (C=O) groups is 2. The molecule has 6 nitrogen and oxygen atoms in total. The van der Waals surface area contributed by atoms with Gasteiger partial charge in [-0.15, -0.1) is 10.2 Å². The molecule has 1 aromatic carbocycles. The van der Waals surface area contributed by atoms with Crippen molar-refractivity contribution in [2.75, 3.05) is 16.8 Å². The summed E-state index contributed by atoms with van der Waals surface area (Å²) in [6.45, 7) is 0.749. The van der Waals surface area contributed by atoms with Crippen molar-refractivity contribution in [1.82, 2.24) is 10.2 Å². The molecule has 0 spiro atoms. The van der Waals surface area contributed by atoms with Gasteiger partial charge in [0.2, 0.25) is 11.0 Å². The lowest BCUT2D eigenvalue weighted by atomic mass is 10.1. The zero-order valence-corrected chi connectivity index (χ0v) is 14.0. The van der Waals surface area contributed by atoms with Gasteiger partial charge >= 0.3 is 0 Å². The van der Waals surface area contributed by atoms with Crippen LogP contribution in [0.25, 0.3) is 0 Å². The average Bonchev–Trinajstić information content (AvgIpc) is 3.35. The number of benzene rings is 1. The van der Waals surface area contributed by atoms with Crippen LogP contribution in [0.5, 0.6) is 0 Å². The van der Waals surface area contributed by atoms with Crippen molar-refractivity contribution in [2.45, 2.75) is 38.0 Å². The van der Waals surface area contributed by atoms with E-state index in [1.807, 2.05) is 12.1 Å². The van der Waals surface area contributed by atoms with Gasteiger partial charge in [0, 0.05) is 30.1 Å². The van der Waals surface area contributed by atoms with E-state index < -0.39 is 0 Å². The number of rotatable bonds is 4. The van der Waals surface area contributed by atoms with Gasteiger partial charge in [-0.1, -0.05) is 11.3 Å². The molecule has 1 saturated carbocycles. The Morgan fingerprint density at radius 1 is 1.17 bits per heavy atom. The summed E-state index contributed by atoms with van der Waals surface area (Å²) >= 11 is 1.45. The second kappa shape index (κ2) is 6.32. The van der Waals surface area contributed by atoms with Gasteiger partial charge in [-0.3, -0.25) is 14.9 Å². The van der Waals surface area contributed by atoms with E-state index in [0.29, 0.717) is 23.0 Å². The summed E-state index contributed by atoms with van der Waals surface area (Å²) in [7, 11) is 0. The fraction of sp³-hybridized carbons (Fsp3) is 0.412. The topological polar surface area (TPSA) is 75.2 Å². The molecular formula is C17H18N4O2S. The first-order valence-electron chi connectivity index (χ1n) is 8.26. The van der Waals surface area contributed by atoms with Crippen molar-refractivity contribution >= 4 is 34.0 Å². The molecule has 124 valence electrons. The van der Waals surface area contributed by atoms with E-state index in [1.165, 1.54) is 24.2 Å². The van der Waals surface area contributed by atoms with Crippen LogP contribution in [-0.4, -0.2) is 28.6 Å². The van der Waals surface area contributed by atoms with Crippen LogP contribution in [0.2, 0.25) is 0 Å². The summed E-state index contributed by atoms with van der Waals surface area (Å²) in [5.41, 5.74) is 1.40. The summed E-state index contributed by atoms with van der Waals surface area (Å²) in [5.74, 6) is 0.486. The predicted molar refractivity (Wildman–Crippen MR) is 92.5 cm³/mol. The molecule has 1 saturated heterocycles. The fourth-order valence-electron chi connectivity index (χ4n) is 2.82. The van der Waals surface area contributed by atoms with Gasteiger partial charge in [-0.25, -0.2) is 0 Å². The molecule has 2 amide bonds. The smallest absolute Gasteiger partial charge is 0.257 e. The highest BCUT2D eigenvalue weighted by Gasteiger charge is 2.27. The lowest BCUT2D eigenvalue weighted by molar-refractivity contribution is -0.119. The Balaban J connectivity index is 1.43. The van der Waals surface area contributed by atoms with Gasteiger partial charge in [-0.05, 0) is 49.9 Å². The van der Waals surface area contributed by atoms with Crippen molar-refractivity contribution in [3.05, 3.63) is 34.8 Å². The highest BCUT2D eigenvalue weighted by atomic mass is 32.1. The standard InChI is InChI=1S/C17H18N4O2S/c22-14-3-1-2-10-21(14)13-8-6-11(7-9-13)15(23)18-17-20-19-16(24-17)12-4-5-12/h6-9,12H,1-5,10H2,(H,18,20,23). The number of amides is 2. The zero-order chi connectivity index (χ0) is 16.5. The Morgan fingerprint density at radius 2 is 1.96 bits per heavy atom. The minimum atomic E-state index is -0.204. The first kappa shape index (κ1) is 15.3. The van der Waals surface area contributed by atoms with E-state index in [4.69, 9.17) is 0 Å². The van der Waals surface area contributed by atoms with Gasteiger partial charge in [0.15, 0.2) is 0 Å². The maximum Gasteiger partial charge on any atom is 0.257 e. The van der Waals surface area contributed by atoms with Crippen LogP contribution in [-0.2, 0) is 4.79 Å². The van der Waals surface area contributed by atoms with E-state index in [1.54, 1.807) is 17.0 Å². The molecule has 0 unspecified atom stereocenters. The molecule has 2 aromatic rings. The monoisotopic (exact) mass is 342 g/mol. The van der Waals surface area contributed by atoms with E-state index in [0.717, 1.165) is 30.1 Å². The fourth-order valence-corrected chi connectivity index (χ4v) is 3.73. The molecule has 0 bridgehead atoms. The number of carbonyl (C=O) groups excluding carboxylic acids is 2. The van der Waals surface area contributed by atoms with E-state index >= 15 is 0 Å². The number of aromatic nitrogens is 2. The molecule has 2 aliphatic rings. The van der Waals surface area contributed by atoms with Crippen LogP contribution in [0.15, 0.2) is 24.3 Å². The van der Waals surface area contributed by atoms with Crippen LogP contribution in [0.3, 0.4) is 0 Å². The molecule has 7 heteroatoms. The summed E-state index contributed by atoms with van der Waals surface area (Å²) in [6.07, 6.45) is 4.91. The highest BCUT2D eigenvalue weighted by molar-refractivity contribution is 7.15. The molecular weight excluding hydrogens is 324 g/mol. The van der Waals surface area contributed by atoms with Crippen molar-refractivity contribution in [1.29, 1.82) is 0 Å². The average molecular weight is 342 g/mol. The van der Waals surface area contributed by atoms with Crippen molar-refractivity contribution in [2.24, 2.45) is 0 Å². The number of piperidine rings is 1. The quantitative estimate of drug-likeness (QED) is 0.926. The molecule has 1 N–H and O–H groups in total. The minimum absolute atomic E-state index is 0.153. The van der Waals surface area contributed by atoms with Gasteiger partial charge in [0.25, 0.3) is 5.91 Å². The number of hydrogen-bond acceptors (Lipinski definition) is 5. The Hall–Kier alpha value is -2.28. The highest BCUT2D eigenvalue weighted by Crippen LogP contribution is 2.42. The third-order valence-electron chi connectivity index (χ3n) is 4.35. The van der Waals surface area contributed by atoms with Crippen LogP contribution >= 0.6 is 11.3 Å². The SMILES string of the molecule is O=C(Nc1nnc(C2CC2)s1)c1ccc(N2CCCCC2=O)cc1. The maximum absolute atomic E-state index is 12.3. The zero-order valence-electron chi connectivity index (χ0n) is 13.2. The summed E-state index contributed by atoms with van der Waals surface area (Å²) in [5, 5.41) is 12.5. The first-order valence-corrected chi connectivity index (χ1v) is 9.07. The minimum Gasteiger partial charge on any atom is -0.312 e. The second-order valence-corrected chi connectivity index (χ2v) is 7.23. The molecule has 0 atom stereocenters. The Bertz CT molecular complexity index is 767. The van der Waals surface area contributed by atoms with Gasteiger partial charge < -0.3 is 4.90 Å². The van der Waals surface area contributed by atoms with Gasteiger partial charge in [0.05, 0.1) is 0 Å². The van der Waals surface area contributed by atoms with Gasteiger partial charge in [-0.2, -0.15) is 0 Å². The largest absolute Gasteiger partial charge is 0.312 e. The van der Waals surface area contributed by atoms with Crippen molar-refractivity contribution in [3.8, 4) is 0 Å². The van der Waals surface area contributed by atoms with Crippen molar-refractivity contribution in [3.63, 3.8) is 0 Å². The third kappa shape index (κ3) is 3.17. The third-order valence-corrected chi connectivity index (χ3v) is 5.35. The van der Waals surface area contributed by atoms with Crippen LogP contribution in [0.4, 0.5) is 10.8 Å². The Kier molecular flexibility index (Phi) is 4.02. The maximum atomic E-state index is 12.3. The second-order valence-electron chi connectivity index (χ2n) is 6.22. The molecule has 0 radical (unpaired) electrons. The van der Waals surface area contributed by atoms with Crippen LogP contribution in [0, 0.1) is 0 Å². The number of hydrogen-bond donors (Lipinski definition) is 1. The van der Waals surface area contributed by atoms with Crippen molar-refractivity contribution < 1.29 is 9.59 Å². The number of nitrogens with zero attached hydrogens (tertiary/aromatic N) is 3. The molecule has 2 heterocycles. The molecule has 2 fully saturated rings. The van der Waals surface area contributed by atoms with Crippen LogP contribution < -0.4 is 10.2 Å². The first-order chi connectivity index (χ1) is 11.7. The normalized spacial score (nSPS) is 17.8. The lowest BCUT2D eigenvalue weighted by Crippen LogP contribution is -2.35. The molecule has 1 aliphatic carbocycles. The van der Waals surface area contributed by atoms with E-state index in [2.05, 4.69) is 15.5 Å². The van der Waals surface area contributed by atoms with Gasteiger partial charge in [0.1, 0.15) is 5.01 Å². The summed E-state index contributed by atoms with van der Waals surface area (Å²) < 4.78 is 0. The summed E-state index contributed by atoms with van der Waals surface area (Å²) in [4.78, 5) is 26.0. The van der Waals surface area contributed by atoms with Crippen LogP contribution in [0.1, 0.15) is 53.4 Å². The molecule has 1 aliphatic heterocycles. The summed E-state index contributed by atoms with van der Waals surface area (Å²) in [6, 6.07) is 7.15. The van der Waals surface area contributed by atoms with E-state index in [9.17, 15) is 9.59 Å².